The molecule has 0 amide bonds. The summed E-state index contributed by atoms with van der Waals surface area (Å²) in [6.45, 7) is 6.20. The van der Waals surface area contributed by atoms with Gasteiger partial charge in [-0.1, -0.05) is 35.0 Å². The van der Waals surface area contributed by atoms with E-state index in [1.54, 1.807) is 0 Å². The summed E-state index contributed by atoms with van der Waals surface area (Å²) in [6.07, 6.45) is 0.233. The summed E-state index contributed by atoms with van der Waals surface area (Å²) in [5.74, 6) is 0. The van der Waals surface area contributed by atoms with Crippen LogP contribution >= 0.6 is 15.9 Å². The molecule has 0 aromatic heterocycles. The first-order chi connectivity index (χ1) is 7.29. The molecule has 15 heavy (non-hydrogen) atoms. The Labute approximate surface area is 99.4 Å². The second-order valence-corrected chi connectivity index (χ2v) is 4.72. The van der Waals surface area contributed by atoms with E-state index in [0.717, 1.165) is 30.7 Å². The number of rotatable bonds is 2. The first-order valence-electron chi connectivity index (χ1n) is 5.39. The SMILES string of the molecule is CCN1CCOC(c2cccc(Br)c2)C1. The van der Waals surface area contributed by atoms with Gasteiger partial charge in [0.05, 0.1) is 12.7 Å². The van der Waals surface area contributed by atoms with Crippen molar-refractivity contribution < 1.29 is 4.74 Å². The lowest BCUT2D eigenvalue weighted by Crippen LogP contribution is -2.38. The lowest BCUT2D eigenvalue weighted by molar-refractivity contribution is -0.0281. The summed E-state index contributed by atoms with van der Waals surface area (Å²) in [4.78, 5) is 2.43. The van der Waals surface area contributed by atoms with Gasteiger partial charge in [0.2, 0.25) is 0 Å². The lowest BCUT2D eigenvalue weighted by Gasteiger charge is -2.32. The van der Waals surface area contributed by atoms with Crippen molar-refractivity contribution in [3.8, 4) is 0 Å². The fourth-order valence-corrected chi connectivity index (χ4v) is 2.32. The van der Waals surface area contributed by atoms with Crippen LogP contribution in [0.15, 0.2) is 28.7 Å². The fourth-order valence-electron chi connectivity index (χ4n) is 1.90. The molecule has 2 rings (SSSR count). The maximum Gasteiger partial charge on any atom is 0.0952 e. The predicted molar refractivity (Wildman–Crippen MR) is 64.9 cm³/mol. The molecule has 1 unspecified atom stereocenters. The normalized spacial score (nSPS) is 22.9. The van der Waals surface area contributed by atoms with Crippen molar-refractivity contribution in [3.05, 3.63) is 34.3 Å². The van der Waals surface area contributed by atoms with Gasteiger partial charge < -0.3 is 4.74 Å². The van der Waals surface area contributed by atoms with Gasteiger partial charge in [0, 0.05) is 17.6 Å². The van der Waals surface area contributed by atoms with E-state index < -0.39 is 0 Å². The summed E-state index contributed by atoms with van der Waals surface area (Å²) in [7, 11) is 0. The van der Waals surface area contributed by atoms with Gasteiger partial charge in [0.25, 0.3) is 0 Å². The summed E-state index contributed by atoms with van der Waals surface area (Å²) in [5, 5.41) is 0. The Hall–Kier alpha value is -0.380. The third-order valence-corrected chi connectivity index (χ3v) is 3.31. The molecule has 1 aromatic rings. The Balaban J connectivity index is 2.09. The smallest absolute Gasteiger partial charge is 0.0952 e. The molecule has 1 atom stereocenters. The Bertz CT molecular complexity index is 329. The van der Waals surface area contributed by atoms with Gasteiger partial charge in [-0.3, -0.25) is 4.90 Å². The highest BCUT2D eigenvalue weighted by Crippen LogP contribution is 2.24. The van der Waals surface area contributed by atoms with Crippen LogP contribution in [0.5, 0.6) is 0 Å². The van der Waals surface area contributed by atoms with Gasteiger partial charge in [-0.05, 0) is 24.2 Å². The summed E-state index contributed by atoms with van der Waals surface area (Å²) in [5.41, 5.74) is 1.27. The van der Waals surface area contributed by atoms with Crippen molar-refractivity contribution in [1.82, 2.24) is 4.90 Å². The molecule has 1 aliphatic rings. The van der Waals surface area contributed by atoms with E-state index in [9.17, 15) is 0 Å². The number of morpholine rings is 1. The molecule has 1 saturated heterocycles. The highest BCUT2D eigenvalue weighted by Gasteiger charge is 2.20. The van der Waals surface area contributed by atoms with Crippen LogP contribution in [0.2, 0.25) is 0 Å². The molecule has 1 aliphatic heterocycles. The molecule has 0 spiro atoms. The predicted octanol–water partition coefficient (Wildman–Crippen LogP) is 2.84. The molecular weight excluding hydrogens is 254 g/mol. The first kappa shape index (κ1) is 11.1. The zero-order valence-corrected chi connectivity index (χ0v) is 10.5. The van der Waals surface area contributed by atoms with Gasteiger partial charge in [0.1, 0.15) is 0 Å². The van der Waals surface area contributed by atoms with E-state index in [0.29, 0.717) is 0 Å². The Morgan fingerprint density at radius 2 is 2.40 bits per heavy atom. The summed E-state index contributed by atoms with van der Waals surface area (Å²) < 4.78 is 6.91. The van der Waals surface area contributed by atoms with Crippen LogP contribution in [0, 0.1) is 0 Å². The van der Waals surface area contributed by atoms with Crippen LogP contribution in [0.25, 0.3) is 0 Å². The standard InChI is InChI=1S/C12H16BrNO/c1-2-14-6-7-15-12(9-14)10-4-3-5-11(13)8-10/h3-5,8,12H,2,6-7,9H2,1H3. The highest BCUT2D eigenvalue weighted by molar-refractivity contribution is 9.10. The monoisotopic (exact) mass is 269 g/mol. The van der Waals surface area contributed by atoms with Crippen LogP contribution in [0.4, 0.5) is 0 Å². The molecule has 0 saturated carbocycles. The third kappa shape index (κ3) is 2.80. The molecule has 2 nitrogen and oxygen atoms in total. The quantitative estimate of drug-likeness (QED) is 0.819. The van der Waals surface area contributed by atoms with E-state index in [1.807, 2.05) is 6.07 Å². The molecule has 1 fully saturated rings. The van der Waals surface area contributed by atoms with Crippen molar-refractivity contribution in [3.63, 3.8) is 0 Å². The maximum atomic E-state index is 5.79. The molecule has 0 N–H and O–H groups in total. The first-order valence-corrected chi connectivity index (χ1v) is 6.18. The average Bonchev–Trinajstić information content (AvgIpc) is 2.29. The van der Waals surface area contributed by atoms with E-state index in [-0.39, 0.29) is 6.10 Å². The second-order valence-electron chi connectivity index (χ2n) is 3.81. The van der Waals surface area contributed by atoms with Crippen LogP contribution in [0.1, 0.15) is 18.6 Å². The number of halogens is 1. The highest BCUT2D eigenvalue weighted by atomic mass is 79.9. The number of likely N-dealkylation sites (N-methyl/N-ethyl adjacent to an activating group) is 1. The number of hydrogen-bond donors (Lipinski definition) is 0. The number of nitrogens with zero attached hydrogens (tertiary/aromatic N) is 1. The Morgan fingerprint density at radius 3 is 3.13 bits per heavy atom. The minimum absolute atomic E-state index is 0.233. The Morgan fingerprint density at radius 1 is 1.53 bits per heavy atom. The molecular formula is C12H16BrNO. The van der Waals surface area contributed by atoms with Gasteiger partial charge in [-0.25, -0.2) is 0 Å². The number of benzene rings is 1. The fraction of sp³-hybridized carbons (Fsp3) is 0.500. The Kier molecular flexibility index (Phi) is 3.78. The molecule has 0 radical (unpaired) electrons. The van der Waals surface area contributed by atoms with Gasteiger partial charge in [-0.2, -0.15) is 0 Å². The number of ether oxygens (including phenoxy) is 1. The average molecular weight is 270 g/mol. The van der Waals surface area contributed by atoms with Crippen molar-refractivity contribution in [2.45, 2.75) is 13.0 Å². The third-order valence-electron chi connectivity index (χ3n) is 2.82. The van der Waals surface area contributed by atoms with Gasteiger partial charge in [0.15, 0.2) is 0 Å². The van der Waals surface area contributed by atoms with Crippen molar-refractivity contribution in [2.24, 2.45) is 0 Å². The molecule has 3 heteroatoms. The topological polar surface area (TPSA) is 12.5 Å². The van der Waals surface area contributed by atoms with Crippen LogP contribution in [-0.4, -0.2) is 31.1 Å². The molecule has 0 aliphatic carbocycles. The van der Waals surface area contributed by atoms with Crippen LogP contribution < -0.4 is 0 Å². The zero-order chi connectivity index (χ0) is 10.7. The number of hydrogen-bond acceptors (Lipinski definition) is 2. The van der Waals surface area contributed by atoms with E-state index in [1.165, 1.54) is 5.56 Å². The van der Waals surface area contributed by atoms with Gasteiger partial charge in [-0.15, -0.1) is 0 Å². The molecule has 0 bridgehead atoms. The maximum absolute atomic E-state index is 5.79. The van der Waals surface area contributed by atoms with E-state index in [2.05, 4.69) is 46.0 Å². The summed E-state index contributed by atoms with van der Waals surface area (Å²) >= 11 is 3.49. The van der Waals surface area contributed by atoms with Crippen molar-refractivity contribution in [2.75, 3.05) is 26.2 Å². The minimum Gasteiger partial charge on any atom is -0.371 e. The summed E-state index contributed by atoms with van der Waals surface area (Å²) in [6, 6.07) is 8.38. The minimum atomic E-state index is 0.233. The van der Waals surface area contributed by atoms with Gasteiger partial charge >= 0.3 is 0 Å². The van der Waals surface area contributed by atoms with Crippen molar-refractivity contribution in [1.29, 1.82) is 0 Å². The largest absolute Gasteiger partial charge is 0.371 e. The van der Waals surface area contributed by atoms with E-state index >= 15 is 0 Å². The van der Waals surface area contributed by atoms with Crippen LogP contribution in [0.3, 0.4) is 0 Å². The molecule has 1 aromatic carbocycles. The lowest BCUT2D eigenvalue weighted by atomic mass is 10.1. The molecule has 82 valence electrons. The van der Waals surface area contributed by atoms with E-state index in [4.69, 9.17) is 4.74 Å². The van der Waals surface area contributed by atoms with Crippen molar-refractivity contribution >= 4 is 15.9 Å². The van der Waals surface area contributed by atoms with Crippen LogP contribution in [-0.2, 0) is 4.74 Å². The second kappa shape index (κ2) is 5.10. The zero-order valence-electron chi connectivity index (χ0n) is 8.95. The molecule has 1 heterocycles.